The Morgan fingerprint density at radius 2 is 1.94 bits per heavy atom. The molecule has 0 aliphatic heterocycles. The maximum atomic E-state index is 9.87. The summed E-state index contributed by atoms with van der Waals surface area (Å²) in [6.07, 6.45) is 3.36. The van der Waals surface area contributed by atoms with Gasteiger partial charge in [0.15, 0.2) is 8.32 Å². The van der Waals surface area contributed by atoms with Gasteiger partial charge in [0.05, 0.1) is 6.10 Å². The highest BCUT2D eigenvalue weighted by Crippen LogP contribution is 2.50. The quantitative estimate of drug-likeness (QED) is 0.592. The molecule has 94 valence electrons. The van der Waals surface area contributed by atoms with E-state index in [1.54, 1.807) is 6.08 Å². The molecule has 0 bridgehead atoms. The van der Waals surface area contributed by atoms with Gasteiger partial charge in [-0.2, -0.15) is 0 Å². The molecule has 1 rings (SSSR count). The third-order valence-electron chi connectivity index (χ3n) is 4.27. The molecule has 3 heteroatoms. The minimum absolute atomic E-state index is 0.0166. The van der Waals surface area contributed by atoms with Crippen molar-refractivity contribution >= 4 is 8.32 Å². The van der Waals surface area contributed by atoms with E-state index >= 15 is 0 Å². The van der Waals surface area contributed by atoms with E-state index in [9.17, 15) is 5.11 Å². The lowest BCUT2D eigenvalue weighted by Gasteiger charge is -2.37. The van der Waals surface area contributed by atoms with Crippen molar-refractivity contribution in [1.29, 1.82) is 0 Å². The Labute approximate surface area is 101 Å². The molecule has 16 heavy (non-hydrogen) atoms. The van der Waals surface area contributed by atoms with Crippen molar-refractivity contribution in [3.05, 3.63) is 12.7 Å². The van der Waals surface area contributed by atoms with Crippen molar-refractivity contribution < 1.29 is 9.53 Å². The molecule has 1 unspecified atom stereocenters. The van der Waals surface area contributed by atoms with E-state index in [1.807, 2.05) is 0 Å². The van der Waals surface area contributed by atoms with Gasteiger partial charge >= 0.3 is 0 Å². The predicted octanol–water partition coefficient (Wildman–Crippen LogP) is 3.34. The van der Waals surface area contributed by atoms with Crippen molar-refractivity contribution in [3.8, 4) is 0 Å². The van der Waals surface area contributed by atoms with E-state index in [2.05, 4.69) is 40.4 Å². The van der Waals surface area contributed by atoms with E-state index in [0.29, 0.717) is 6.61 Å². The summed E-state index contributed by atoms with van der Waals surface area (Å²) in [5.41, 5.74) is -0.0166. The van der Waals surface area contributed by atoms with Gasteiger partial charge < -0.3 is 9.53 Å². The summed E-state index contributed by atoms with van der Waals surface area (Å²) >= 11 is 0. The van der Waals surface area contributed by atoms with Gasteiger partial charge in [0, 0.05) is 12.0 Å². The Bertz CT molecular complexity index is 262. The summed E-state index contributed by atoms with van der Waals surface area (Å²) in [6.45, 7) is 15.6. The van der Waals surface area contributed by atoms with Crippen LogP contribution in [-0.2, 0) is 4.43 Å². The van der Waals surface area contributed by atoms with Crippen LogP contribution in [0.4, 0.5) is 0 Å². The van der Waals surface area contributed by atoms with Crippen molar-refractivity contribution in [2.45, 2.75) is 57.8 Å². The summed E-state index contributed by atoms with van der Waals surface area (Å²) in [4.78, 5) is 0. The highest BCUT2D eigenvalue weighted by molar-refractivity contribution is 6.74. The van der Waals surface area contributed by atoms with Gasteiger partial charge in [-0.15, -0.1) is 6.58 Å². The summed E-state index contributed by atoms with van der Waals surface area (Å²) < 4.78 is 6.18. The number of rotatable bonds is 5. The van der Waals surface area contributed by atoms with E-state index in [0.717, 1.165) is 12.8 Å². The fourth-order valence-electron chi connectivity index (χ4n) is 1.48. The Morgan fingerprint density at radius 1 is 1.44 bits per heavy atom. The Morgan fingerprint density at radius 3 is 2.25 bits per heavy atom. The monoisotopic (exact) mass is 242 g/mol. The highest BCUT2D eigenvalue weighted by atomic mass is 28.4. The summed E-state index contributed by atoms with van der Waals surface area (Å²) in [6, 6.07) is 0. The minimum Gasteiger partial charge on any atom is -0.416 e. The molecule has 0 aromatic carbocycles. The molecule has 0 heterocycles. The van der Waals surface area contributed by atoms with Crippen LogP contribution in [0.2, 0.25) is 18.1 Å². The molecule has 1 aliphatic carbocycles. The molecule has 0 spiro atoms. The van der Waals surface area contributed by atoms with Gasteiger partial charge in [-0.1, -0.05) is 26.8 Å². The standard InChI is InChI=1S/C13H26O2Si/c1-7-11(14)13(8-9-13)10-15-16(5,6)12(2,3)4/h7,11,14H,1,8-10H2,2-6H3. The molecule has 1 fully saturated rings. The molecular formula is C13H26O2Si. The maximum absolute atomic E-state index is 9.87. The van der Waals surface area contributed by atoms with Crippen LogP contribution in [0.25, 0.3) is 0 Å². The van der Waals surface area contributed by atoms with Crippen molar-refractivity contribution in [3.63, 3.8) is 0 Å². The average molecular weight is 242 g/mol. The molecule has 0 amide bonds. The first-order chi connectivity index (χ1) is 7.15. The van der Waals surface area contributed by atoms with Gasteiger partial charge in [-0.05, 0) is 31.0 Å². The van der Waals surface area contributed by atoms with Gasteiger partial charge in [0.2, 0.25) is 0 Å². The first-order valence-corrected chi connectivity index (χ1v) is 9.00. The Kier molecular flexibility index (Phi) is 3.73. The molecular weight excluding hydrogens is 216 g/mol. The van der Waals surface area contributed by atoms with Crippen molar-refractivity contribution in [1.82, 2.24) is 0 Å². The zero-order valence-corrected chi connectivity index (χ0v) is 12.3. The third-order valence-corrected chi connectivity index (χ3v) is 8.75. The van der Waals surface area contributed by atoms with Crippen LogP contribution in [0.15, 0.2) is 12.7 Å². The smallest absolute Gasteiger partial charge is 0.192 e. The molecule has 1 aliphatic rings. The lowest BCUT2D eigenvalue weighted by Crippen LogP contribution is -2.43. The lowest BCUT2D eigenvalue weighted by molar-refractivity contribution is 0.0879. The molecule has 0 aromatic heterocycles. The minimum atomic E-state index is -1.68. The molecule has 1 N–H and O–H groups in total. The maximum Gasteiger partial charge on any atom is 0.192 e. The molecule has 0 radical (unpaired) electrons. The van der Waals surface area contributed by atoms with Crippen LogP contribution in [0, 0.1) is 5.41 Å². The van der Waals surface area contributed by atoms with E-state index < -0.39 is 14.4 Å². The van der Waals surface area contributed by atoms with Crippen LogP contribution < -0.4 is 0 Å². The molecule has 2 nitrogen and oxygen atoms in total. The van der Waals surface area contributed by atoms with Crippen LogP contribution >= 0.6 is 0 Å². The number of aliphatic hydroxyl groups excluding tert-OH is 1. The summed E-state index contributed by atoms with van der Waals surface area (Å²) in [5.74, 6) is 0. The van der Waals surface area contributed by atoms with Gasteiger partial charge in [-0.25, -0.2) is 0 Å². The summed E-state index contributed by atoms with van der Waals surface area (Å²) in [5, 5.41) is 10.1. The van der Waals surface area contributed by atoms with Crippen LogP contribution in [-0.4, -0.2) is 26.1 Å². The summed E-state index contributed by atoms with van der Waals surface area (Å²) in [7, 11) is -1.68. The SMILES string of the molecule is C=CC(O)C1(CO[Si](C)(C)C(C)(C)C)CC1. The van der Waals surface area contributed by atoms with E-state index in [-0.39, 0.29) is 10.5 Å². The molecule has 0 aromatic rings. The van der Waals surface area contributed by atoms with Crippen molar-refractivity contribution in [2.24, 2.45) is 5.41 Å². The van der Waals surface area contributed by atoms with Crippen LogP contribution in [0.5, 0.6) is 0 Å². The normalized spacial score (nSPS) is 21.6. The predicted molar refractivity (Wildman–Crippen MR) is 71.0 cm³/mol. The van der Waals surface area contributed by atoms with E-state index in [4.69, 9.17) is 4.43 Å². The van der Waals surface area contributed by atoms with Gasteiger partial charge in [-0.3, -0.25) is 0 Å². The molecule has 0 saturated heterocycles. The fourth-order valence-corrected chi connectivity index (χ4v) is 2.56. The second-order valence-electron chi connectivity index (χ2n) is 6.59. The van der Waals surface area contributed by atoms with E-state index in [1.165, 1.54) is 0 Å². The number of hydrogen-bond donors (Lipinski definition) is 1. The van der Waals surface area contributed by atoms with Crippen LogP contribution in [0.3, 0.4) is 0 Å². The van der Waals surface area contributed by atoms with Gasteiger partial charge in [0.25, 0.3) is 0 Å². The average Bonchev–Trinajstić information content (AvgIpc) is 2.93. The Balaban J connectivity index is 2.55. The second-order valence-corrected chi connectivity index (χ2v) is 11.4. The lowest BCUT2D eigenvalue weighted by atomic mass is 10.0. The Hall–Kier alpha value is -0.123. The zero-order chi connectivity index (χ0) is 12.6. The number of aliphatic hydroxyl groups is 1. The third kappa shape index (κ3) is 2.76. The zero-order valence-electron chi connectivity index (χ0n) is 11.3. The van der Waals surface area contributed by atoms with Crippen molar-refractivity contribution in [2.75, 3.05) is 6.61 Å². The number of hydrogen-bond acceptors (Lipinski definition) is 2. The van der Waals surface area contributed by atoms with Gasteiger partial charge in [0.1, 0.15) is 0 Å². The topological polar surface area (TPSA) is 29.5 Å². The second kappa shape index (κ2) is 4.28. The highest BCUT2D eigenvalue weighted by Gasteiger charge is 2.50. The molecule has 1 saturated carbocycles. The fraction of sp³-hybridized carbons (Fsp3) is 0.846. The first-order valence-electron chi connectivity index (χ1n) is 6.09. The largest absolute Gasteiger partial charge is 0.416 e. The molecule has 1 atom stereocenters. The van der Waals surface area contributed by atoms with Crippen LogP contribution in [0.1, 0.15) is 33.6 Å². The first kappa shape index (κ1) is 13.9.